The van der Waals surface area contributed by atoms with E-state index in [2.05, 4.69) is 37.2 Å². The van der Waals surface area contributed by atoms with Crippen molar-refractivity contribution in [1.29, 1.82) is 5.41 Å². The molecular weight excluding hydrogens is 812 g/mol. The molecule has 16 N–H and O–H groups in total. The van der Waals surface area contributed by atoms with E-state index in [1.54, 1.807) is 27.7 Å². The number of carbonyl (C=O) groups excluding carboxylic acids is 7. The first-order valence-corrected chi connectivity index (χ1v) is 21.4. The second-order valence-corrected chi connectivity index (χ2v) is 16.3. The molecule has 0 aliphatic rings. The fourth-order valence-electron chi connectivity index (χ4n) is 6.17. The van der Waals surface area contributed by atoms with Crippen molar-refractivity contribution in [3.8, 4) is 0 Å². The van der Waals surface area contributed by atoms with Crippen molar-refractivity contribution in [2.24, 2.45) is 23.3 Å². The summed E-state index contributed by atoms with van der Waals surface area (Å²) in [6.07, 6.45) is 7.05. The molecule has 0 aromatic carbocycles. The van der Waals surface area contributed by atoms with Crippen LogP contribution in [0.5, 0.6) is 0 Å². The van der Waals surface area contributed by atoms with Crippen LogP contribution in [0.15, 0.2) is 0 Å². The van der Waals surface area contributed by atoms with E-state index >= 15 is 0 Å². The van der Waals surface area contributed by atoms with E-state index in [1.807, 2.05) is 0 Å². The number of aliphatic carboxylic acids is 1. The van der Waals surface area contributed by atoms with Crippen LogP contribution in [0, 0.1) is 17.2 Å². The van der Waals surface area contributed by atoms with Gasteiger partial charge in [-0.2, -0.15) is 0 Å². The Labute approximate surface area is 364 Å². The Morgan fingerprint density at radius 3 is 1.42 bits per heavy atom. The van der Waals surface area contributed by atoms with Gasteiger partial charge < -0.3 is 69.1 Å². The van der Waals surface area contributed by atoms with Crippen molar-refractivity contribution >= 4 is 53.3 Å². The smallest absolute Gasteiger partial charge is 0.325 e. The molecule has 356 valence electrons. The van der Waals surface area contributed by atoms with Gasteiger partial charge in [0.25, 0.3) is 0 Å². The summed E-state index contributed by atoms with van der Waals surface area (Å²) in [6.45, 7) is 8.52. The zero-order chi connectivity index (χ0) is 47.5. The van der Waals surface area contributed by atoms with E-state index in [4.69, 9.17) is 22.0 Å². The number of aliphatic hydroxyl groups is 3. The maximum Gasteiger partial charge on any atom is 0.325 e. The fraction of sp³-hybridized carbons (Fsp3) is 0.775. The molecule has 0 fully saturated rings. The minimum Gasteiger partial charge on any atom is -0.480 e. The molecule has 0 heterocycles. The second-order valence-electron chi connectivity index (χ2n) is 16.3. The molecule has 0 saturated heterocycles. The number of unbranched alkanes of at least 4 members (excludes halogenated alkanes) is 9. The van der Waals surface area contributed by atoms with Gasteiger partial charge in [0, 0.05) is 6.54 Å². The predicted molar refractivity (Wildman–Crippen MR) is 228 cm³/mol. The maximum atomic E-state index is 13.5. The van der Waals surface area contributed by atoms with Crippen molar-refractivity contribution in [3.05, 3.63) is 0 Å². The number of carboxylic acids is 1. The number of primary amides is 1. The Balaban J connectivity index is 5.25. The van der Waals surface area contributed by atoms with Gasteiger partial charge in [-0.15, -0.1) is 0 Å². The highest BCUT2D eigenvalue weighted by Crippen LogP contribution is 2.14. The number of hydrogen-bond donors (Lipinski definition) is 14. The van der Waals surface area contributed by atoms with Crippen LogP contribution in [0.3, 0.4) is 0 Å². The van der Waals surface area contributed by atoms with Crippen molar-refractivity contribution in [1.82, 2.24) is 37.2 Å². The van der Waals surface area contributed by atoms with E-state index in [9.17, 15) is 53.7 Å². The molecule has 0 bridgehead atoms. The van der Waals surface area contributed by atoms with E-state index < -0.39 is 121 Å². The van der Waals surface area contributed by atoms with Gasteiger partial charge in [-0.3, -0.25) is 43.8 Å². The molecule has 0 aliphatic heterocycles. The van der Waals surface area contributed by atoms with Crippen molar-refractivity contribution in [2.75, 3.05) is 13.2 Å². The standard InChI is InChI=1S/C40H74N10O12/c1-22(2)31(48-35(57)28(21-51)46-30(55)19-26(53)17-15-13-11-9-7-8-10-12-14-16-18-44-40(42)43)36(58)49-32(23(3)4)37(59)50-33(25(6)52)38(60)47-27(20-29(41)54)34(56)45-24(5)39(61)62/h22-28,31-33,51-53H,7-21H2,1-6H3,(H2,41,54)(H,45,56)(H,46,55)(H,47,60)(H,48,57)(H,49,58)(H,50,59)(H,61,62)(H4,42,43,44). The number of nitrogens with two attached hydrogens (primary N) is 2. The Morgan fingerprint density at radius 2 is 0.984 bits per heavy atom. The number of carbonyl (C=O) groups is 8. The minimum atomic E-state index is -1.74. The normalized spacial score (nSPS) is 15.1. The molecule has 0 spiro atoms. The van der Waals surface area contributed by atoms with Gasteiger partial charge in [0.15, 0.2) is 5.96 Å². The number of nitrogens with one attached hydrogen (secondary N) is 8. The van der Waals surface area contributed by atoms with Crippen LogP contribution < -0.4 is 48.7 Å². The molecule has 7 amide bonds. The molecule has 0 rings (SSSR count). The summed E-state index contributed by atoms with van der Waals surface area (Å²) in [5.74, 6) is -9.21. The fourth-order valence-corrected chi connectivity index (χ4v) is 6.17. The van der Waals surface area contributed by atoms with E-state index in [0.717, 1.165) is 71.6 Å². The number of rotatable bonds is 33. The zero-order valence-corrected chi connectivity index (χ0v) is 37.1. The Kier molecular flexibility index (Phi) is 28.3. The molecule has 0 saturated carbocycles. The van der Waals surface area contributed by atoms with Crippen LogP contribution in [0.1, 0.15) is 125 Å². The predicted octanol–water partition coefficient (Wildman–Crippen LogP) is -1.91. The third kappa shape index (κ3) is 24.4. The first-order valence-electron chi connectivity index (χ1n) is 21.4. The number of aliphatic hydroxyl groups excluding tert-OH is 3. The second kappa shape index (κ2) is 30.9. The summed E-state index contributed by atoms with van der Waals surface area (Å²) in [5, 5.41) is 63.8. The lowest BCUT2D eigenvalue weighted by atomic mass is 9.98. The lowest BCUT2D eigenvalue weighted by molar-refractivity contribution is -0.142. The molecule has 0 aliphatic carbocycles. The van der Waals surface area contributed by atoms with Crippen molar-refractivity contribution in [3.63, 3.8) is 0 Å². The highest BCUT2D eigenvalue weighted by Gasteiger charge is 2.36. The molecule has 22 nitrogen and oxygen atoms in total. The SMILES string of the molecule is CC(NC(=O)C(CC(N)=O)NC(=O)C(NC(=O)C(NC(=O)C(NC(=O)C(CO)NC(=O)CC(O)CCCCCCCCCCCCNC(=N)N)C(C)C)C(C)C)C(C)O)C(=O)O. The summed E-state index contributed by atoms with van der Waals surface area (Å²) < 4.78 is 0. The van der Waals surface area contributed by atoms with Crippen LogP contribution in [0.2, 0.25) is 0 Å². The Hall–Kier alpha value is -5.09. The lowest BCUT2D eigenvalue weighted by Crippen LogP contribution is -2.63. The molecule has 8 atom stereocenters. The third-order valence-corrected chi connectivity index (χ3v) is 9.86. The van der Waals surface area contributed by atoms with Crippen LogP contribution in [0.4, 0.5) is 0 Å². The van der Waals surface area contributed by atoms with Gasteiger partial charge in [-0.1, -0.05) is 85.5 Å². The minimum absolute atomic E-state index is 0.00963. The summed E-state index contributed by atoms with van der Waals surface area (Å²) in [4.78, 5) is 102. The quantitative estimate of drug-likeness (QED) is 0.0194. The van der Waals surface area contributed by atoms with Crippen LogP contribution in [-0.2, 0) is 38.4 Å². The lowest BCUT2D eigenvalue weighted by Gasteiger charge is -2.30. The highest BCUT2D eigenvalue weighted by atomic mass is 16.4. The monoisotopic (exact) mass is 887 g/mol. The van der Waals surface area contributed by atoms with Crippen LogP contribution >= 0.6 is 0 Å². The topological polar surface area (TPSA) is 378 Å². The average molecular weight is 887 g/mol. The summed E-state index contributed by atoms with van der Waals surface area (Å²) in [7, 11) is 0. The Morgan fingerprint density at radius 1 is 0.548 bits per heavy atom. The first kappa shape index (κ1) is 56.9. The van der Waals surface area contributed by atoms with E-state index in [1.165, 1.54) is 0 Å². The number of carboxylic acid groups (broad SMARTS) is 1. The van der Waals surface area contributed by atoms with Crippen molar-refractivity contribution in [2.45, 2.75) is 173 Å². The maximum absolute atomic E-state index is 13.5. The molecule has 0 aromatic rings. The molecular formula is C40H74N10O12. The van der Waals surface area contributed by atoms with E-state index in [-0.39, 0.29) is 12.4 Å². The molecule has 22 heteroatoms. The van der Waals surface area contributed by atoms with Gasteiger partial charge in [-0.05, 0) is 38.5 Å². The summed E-state index contributed by atoms with van der Waals surface area (Å²) in [5.41, 5.74) is 10.5. The van der Waals surface area contributed by atoms with Gasteiger partial charge in [0.05, 0.1) is 31.7 Å². The van der Waals surface area contributed by atoms with Crippen LogP contribution in [-0.4, -0.2) is 135 Å². The number of amides is 7. The average Bonchev–Trinajstić information content (AvgIpc) is 3.17. The van der Waals surface area contributed by atoms with Gasteiger partial charge in [0.2, 0.25) is 41.4 Å². The first-order chi connectivity index (χ1) is 29.0. The van der Waals surface area contributed by atoms with Gasteiger partial charge >= 0.3 is 5.97 Å². The summed E-state index contributed by atoms with van der Waals surface area (Å²) in [6, 6.07) is -8.91. The van der Waals surface area contributed by atoms with Gasteiger partial charge in [-0.25, -0.2) is 0 Å². The zero-order valence-electron chi connectivity index (χ0n) is 37.1. The Bertz CT molecular complexity index is 1460. The largest absolute Gasteiger partial charge is 0.480 e. The highest BCUT2D eigenvalue weighted by molar-refractivity contribution is 5.98. The van der Waals surface area contributed by atoms with Crippen molar-refractivity contribution < 1.29 is 58.8 Å². The molecule has 0 aromatic heterocycles. The van der Waals surface area contributed by atoms with Crippen LogP contribution in [0.25, 0.3) is 0 Å². The number of guanidine groups is 1. The molecule has 8 unspecified atom stereocenters. The third-order valence-electron chi connectivity index (χ3n) is 9.86. The number of hydrogen-bond acceptors (Lipinski definition) is 12. The molecule has 62 heavy (non-hydrogen) atoms. The van der Waals surface area contributed by atoms with E-state index in [0.29, 0.717) is 19.4 Å². The van der Waals surface area contributed by atoms with Gasteiger partial charge in [0.1, 0.15) is 36.3 Å². The summed E-state index contributed by atoms with van der Waals surface area (Å²) >= 11 is 0. The molecule has 0 radical (unpaired) electrons.